The van der Waals surface area contributed by atoms with Crippen LogP contribution in [0.2, 0.25) is 0 Å². The molecule has 8 heteroatoms. The molecule has 25 heavy (non-hydrogen) atoms. The van der Waals surface area contributed by atoms with Crippen molar-refractivity contribution in [1.29, 1.82) is 0 Å². The predicted molar refractivity (Wildman–Crippen MR) is 84.7 cm³/mol. The lowest BCUT2D eigenvalue weighted by Gasteiger charge is -2.37. The summed E-state index contributed by atoms with van der Waals surface area (Å²) in [7, 11) is 0. The van der Waals surface area contributed by atoms with Crippen molar-refractivity contribution >= 4 is 11.8 Å². The van der Waals surface area contributed by atoms with Crippen LogP contribution in [0.1, 0.15) is 44.3 Å². The van der Waals surface area contributed by atoms with Crippen LogP contribution in [-0.4, -0.2) is 45.0 Å². The first-order valence-electron chi connectivity index (χ1n) is 8.81. The van der Waals surface area contributed by atoms with E-state index in [9.17, 15) is 18.4 Å². The van der Waals surface area contributed by atoms with Crippen LogP contribution in [0.4, 0.5) is 8.78 Å². The molecule has 0 spiro atoms. The minimum atomic E-state index is -2.65. The fourth-order valence-electron chi connectivity index (χ4n) is 3.87. The Morgan fingerprint density at radius 1 is 1.40 bits per heavy atom. The molecular formula is C17H22F2N4O2. The average molecular weight is 352 g/mol. The highest BCUT2D eigenvalue weighted by Gasteiger charge is 2.46. The third kappa shape index (κ3) is 3.26. The fraction of sp³-hybridized carbons (Fsp3) is 0.706. The monoisotopic (exact) mass is 352 g/mol. The summed E-state index contributed by atoms with van der Waals surface area (Å²) in [6, 6.07) is 1.15. The van der Waals surface area contributed by atoms with E-state index < -0.39 is 12.0 Å². The lowest BCUT2D eigenvalue weighted by Crippen LogP contribution is -2.51. The van der Waals surface area contributed by atoms with E-state index in [2.05, 4.69) is 17.3 Å². The molecule has 1 aromatic rings. The normalized spacial score (nSPS) is 30.4. The molecule has 0 saturated heterocycles. The second-order valence-corrected chi connectivity index (χ2v) is 7.69. The number of amides is 2. The topological polar surface area (TPSA) is 67.2 Å². The molecule has 2 heterocycles. The van der Waals surface area contributed by atoms with Crippen molar-refractivity contribution in [3.05, 3.63) is 18.0 Å². The van der Waals surface area contributed by atoms with Crippen molar-refractivity contribution in [2.24, 2.45) is 11.8 Å². The van der Waals surface area contributed by atoms with Gasteiger partial charge in [-0.2, -0.15) is 5.10 Å². The van der Waals surface area contributed by atoms with E-state index >= 15 is 0 Å². The maximum atomic E-state index is 12.9. The van der Waals surface area contributed by atoms with Gasteiger partial charge in [-0.15, -0.1) is 0 Å². The van der Waals surface area contributed by atoms with E-state index in [1.54, 1.807) is 15.8 Å². The quantitative estimate of drug-likeness (QED) is 0.897. The molecule has 0 radical (unpaired) electrons. The lowest BCUT2D eigenvalue weighted by atomic mass is 9.88. The van der Waals surface area contributed by atoms with Crippen LogP contribution in [0.5, 0.6) is 0 Å². The van der Waals surface area contributed by atoms with Gasteiger partial charge in [0.2, 0.25) is 11.8 Å². The van der Waals surface area contributed by atoms with Crippen LogP contribution in [0.25, 0.3) is 0 Å². The minimum Gasteiger partial charge on any atom is -0.353 e. The summed E-state index contributed by atoms with van der Waals surface area (Å²) in [5.41, 5.74) is 0.904. The largest absolute Gasteiger partial charge is 0.353 e. The van der Waals surface area contributed by atoms with Gasteiger partial charge in [-0.25, -0.2) is 8.78 Å². The number of carbonyl (C=O) groups is 2. The Hall–Kier alpha value is -1.99. The number of halogens is 2. The molecule has 4 rings (SSSR count). The molecule has 1 N–H and O–H groups in total. The second kappa shape index (κ2) is 5.78. The first kappa shape index (κ1) is 16.5. The van der Waals surface area contributed by atoms with E-state index in [-0.39, 0.29) is 43.0 Å². The van der Waals surface area contributed by atoms with Gasteiger partial charge in [-0.05, 0) is 18.4 Å². The maximum absolute atomic E-state index is 12.9. The van der Waals surface area contributed by atoms with Crippen LogP contribution < -0.4 is 5.32 Å². The Bertz CT molecular complexity index is 697. The fourth-order valence-corrected chi connectivity index (χ4v) is 3.87. The van der Waals surface area contributed by atoms with E-state index in [0.717, 1.165) is 12.1 Å². The molecule has 0 aromatic carbocycles. The molecule has 0 bridgehead atoms. The molecule has 3 aliphatic rings. The van der Waals surface area contributed by atoms with Gasteiger partial charge >= 0.3 is 0 Å². The van der Waals surface area contributed by atoms with Gasteiger partial charge in [0.25, 0.3) is 5.92 Å². The highest BCUT2D eigenvalue weighted by molar-refractivity contribution is 5.82. The SMILES string of the molecule is C[C@@H]1C[C@@H]1C(=O)N1Cc2ccnn2[C@H](CC(=O)NC2CC(F)(F)C2)C1. The van der Waals surface area contributed by atoms with Crippen molar-refractivity contribution in [1.82, 2.24) is 20.0 Å². The average Bonchev–Trinajstić information content (AvgIpc) is 3.05. The van der Waals surface area contributed by atoms with Gasteiger partial charge < -0.3 is 10.2 Å². The third-order valence-electron chi connectivity index (χ3n) is 5.50. The predicted octanol–water partition coefficient (Wildman–Crippen LogP) is 1.73. The highest BCUT2D eigenvalue weighted by atomic mass is 19.3. The summed E-state index contributed by atoms with van der Waals surface area (Å²) >= 11 is 0. The first-order chi connectivity index (χ1) is 11.8. The van der Waals surface area contributed by atoms with Gasteiger partial charge in [0.15, 0.2) is 0 Å². The molecule has 2 amide bonds. The lowest BCUT2D eigenvalue weighted by molar-refractivity contribution is -0.137. The van der Waals surface area contributed by atoms with E-state index in [0.29, 0.717) is 19.0 Å². The zero-order valence-electron chi connectivity index (χ0n) is 14.1. The van der Waals surface area contributed by atoms with Gasteiger partial charge in [-0.3, -0.25) is 14.3 Å². The number of fused-ring (bicyclic) bond motifs is 1. The Labute approximate surface area is 144 Å². The van der Waals surface area contributed by atoms with Crippen LogP contribution in [0, 0.1) is 11.8 Å². The summed E-state index contributed by atoms with van der Waals surface area (Å²) in [4.78, 5) is 26.6. The molecule has 2 aliphatic carbocycles. The molecule has 1 aromatic heterocycles. The van der Waals surface area contributed by atoms with Crippen molar-refractivity contribution in [2.45, 2.75) is 57.2 Å². The smallest absolute Gasteiger partial charge is 0.252 e. The van der Waals surface area contributed by atoms with Crippen molar-refractivity contribution < 1.29 is 18.4 Å². The standard InChI is InChI=1S/C17H22F2N4O2/c1-10-4-14(10)16(25)22-8-12-2-3-20-23(12)13(9-22)5-15(24)21-11-6-17(18,19)7-11/h2-3,10-11,13-14H,4-9H2,1H3,(H,21,24)/t10-,13-,14+/m1/s1. The van der Waals surface area contributed by atoms with Crippen LogP contribution >= 0.6 is 0 Å². The number of nitrogens with one attached hydrogen (secondary N) is 1. The van der Waals surface area contributed by atoms with E-state index in [1.807, 2.05) is 6.07 Å². The Kier molecular flexibility index (Phi) is 3.81. The number of aromatic nitrogens is 2. The minimum absolute atomic E-state index is 0.0983. The second-order valence-electron chi connectivity index (χ2n) is 7.69. The number of nitrogens with zero attached hydrogens (tertiary/aromatic N) is 3. The van der Waals surface area contributed by atoms with Gasteiger partial charge in [0.05, 0.1) is 24.7 Å². The summed E-state index contributed by atoms with van der Waals surface area (Å²) in [5.74, 6) is -2.24. The zero-order chi connectivity index (χ0) is 17.8. The molecule has 1 aliphatic heterocycles. The van der Waals surface area contributed by atoms with Gasteiger partial charge in [0.1, 0.15) is 0 Å². The first-order valence-corrected chi connectivity index (χ1v) is 8.81. The molecule has 136 valence electrons. The summed E-state index contributed by atoms with van der Waals surface area (Å²) in [6.45, 7) is 3.01. The highest BCUT2D eigenvalue weighted by Crippen LogP contribution is 2.40. The Morgan fingerprint density at radius 3 is 2.76 bits per heavy atom. The zero-order valence-corrected chi connectivity index (χ0v) is 14.1. The van der Waals surface area contributed by atoms with Gasteiger partial charge in [0, 0.05) is 37.5 Å². The van der Waals surface area contributed by atoms with Crippen LogP contribution in [-0.2, 0) is 16.1 Å². The Morgan fingerprint density at radius 2 is 2.12 bits per heavy atom. The molecule has 6 nitrogen and oxygen atoms in total. The molecular weight excluding hydrogens is 330 g/mol. The number of hydrogen-bond acceptors (Lipinski definition) is 3. The van der Waals surface area contributed by atoms with Crippen molar-refractivity contribution in [3.63, 3.8) is 0 Å². The van der Waals surface area contributed by atoms with Gasteiger partial charge in [-0.1, -0.05) is 6.92 Å². The summed E-state index contributed by atoms with van der Waals surface area (Å²) in [6.07, 6.45) is 2.15. The van der Waals surface area contributed by atoms with Crippen LogP contribution in [0.15, 0.2) is 12.3 Å². The van der Waals surface area contributed by atoms with E-state index in [4.69, 9.17) is 0 Å². The van der Waals surface area contributed by atoms with Crippen molar-refractivity contribution in [2.75, 3.05) is 6.54 Å². The van der Waals surface area contributed by atoms with E-state index in [1.165, 1.54) is 0 Å². The van der Waals surface area contributed by atoms with Crippen molar-refractivity contribution in [3.8, 4) is 0 Å². The number of alkyl halides is 2. The molecule has 0 unspecified atom stereocenters. The molecule has 2 saturated carbocycles. The summed E-state index contributed by atoms with van der Waals surface area (Å²) < 4.78 is 27.6. The molecule has 2 fully saturated rings. The maximum Gasteiger partial charge on any atom is 0.252 e. The number of rotatable bonds is 4. The summed E-state index contributed by atoms with van der Waals surface area (Å²) in [5, 5.41) is 6.94. The number of carbonyl (C=O) groups excluding carboxylic acids is 2. The van der Waals surface area contributed by atoms with Crippen LogP contribution in [0.3, 0.4) is 0 Å². The number of hydrogen-bond donors (Lipinski definition) is 1. The third-order valence-corrected chi connectivity index (χ3v) is 5.50. The molecule has 3 atom stereocenters. The Balaban J connectivity index is 1.40.